The fourth-order valence-corrected chi connectivity index (χ4v) is 10.9. The molecule has 0 aliphatic rings. The highest BCUT2D eigenvalue weighted by atomic mass is 16.5. The number of imidazole rings is 1. The first-order chi connectivity index (χ1) is 36.9. The van der Waals surface area contributed by atoms with Crippen molar-refractivity contribution in [2.24, 2.45) is 0 Å². The van der Waals surface area contributed by atoms with E-state index < -0.39 is 0 Å². The Morgan fingerprint density at radius 1 is 0.453 bits per heavy atom. The normalized spacial score (nSPS) is 11.7. The lowest BCUT2D eigenvalue weighted by Gasteiger charge is -2.27. The smallest absolute Gasteiger partial charge is 0.269 e. The average molecular weight is 965 g/mol. The summed E-state index contributed by atoms with van der Waals surface area (Å²) in [5.74, 6) is 2.29. The number of aromatic nitrogens is 4. The molecule has 13 aromatic rings. The summed E-state index contributed by atoms with van der Waals surface area (Å²) in [5, 5.41) is 2.26. The van der Waals surface area contributed by atoms with Crippen LogP contribution in [0.2, 0.25) is 0 Å². The number of fused-ring (bicyclic) bond motifs is 4. The number of pyridine rings is 1. The second-order valence-corrected chi connectivity index (χ2v) is 19.9. The van der Waals surface area contributed by atoms with Gasteiger partial charge in [-0.3, -0.25) is 13.7 Å². The van der Waals surface area contributed by atoms with Crippen LogP contribution in [0.15, 0.2) is 267 Å². The van der Waals surface area contributed by atoms with Crippen molar-refractivity contribution in [3.8, 4) is 73.2 Å². The SMILES string of the molecule is CC(C)(Cc1cc(-n2c3ccc(-c4ccccc4)cc3c3ccc(Oc4cccc(-n5[c-][n+](-c6c(-c7ccccc7)cccc6-c6ccccc6)c6ccccc65)c4)cc32)ncc1-c1ccccc1)c1ccccc1. The number of hydrogen-bond donors (Lipinski definition) is 0. The van der Waals surface area contributed by atoms with E-state index in [9.17, 15) is 0 Å². The average Bonchev–Trinajstić information content (AvgIpc) is 4.06. The van der Waals surface area contributed by atoms with Gasteiger partial charge in [0.05, 0.1) is 33.4 Å². The first-order valence-electron chi connectivity index (χ1n) is 25.6. The topological polar surface area (TPSA) is 35.9 Å². The molecule has 0 saturated carbocycles. The van der Waals surface area contributed by atoms with Crippen molar-refractivity contribution in [1.29, 1.82) is 0 Å². The highest BCUT2D eigenvalue weighted by Crippen LogP contribution is 2.40. The van der Waals surface area contributed by atoms with Crippen LogP contribution in [0.4, 0.5) is 0 Å². The lowest BCUT2D eigenvalue weighted by molar-refractivity contribution is -0.571. The summed E-state index contributed by atoms with van der Waals surface area (Å²) >= 11 is 0. The van der Waals surface area contributed by atoms with Crippen LogP contribution in [0.3, 0.4) is 0 Å². The molecule has 0 spiro atoms. The number of ether oxygens (including phenoxy) is 1. The van der Waals surface area contributed by atoms with E-state index in [0.29, 0.717) is 5.75 Å². The fraction of sp³-hybridized carbons (Fsp3) is 0.0571. The second kappa shape index (κ2) is 19.1. The van der Waals surface area contributed by atoms with E-state index in [2.05, 4.69) is 295 Å². The Morgan fingerprint density at radius 3 is 1.72 bits per heavy atom. The third-order valence-electron chi connectivity index (χ3n) is 14.6. The maximum absolute atomic E-state index is 6.93. The monoisotopic (exact) mass is 964 g/mol. The molecule has 358 valence electrons. The highest BCUT2D eigenvalue weighted by molar-refractivity contribution is 6.10. The molecular weight excluding hydrogens is 913 g/mol. The summed E-state index contributed by atoms with van der Waals surface area (Å²) in [6.45, 7) is 4.67. The zero-order valence-electron chi connectivity index (χ0n) is 41.8. The quantitative estimate of drug-likeness (QED) is 0.0903. The van der Waals surface area contributed by atoms with Crippen LogP contribution >= 0.6 is 0 Å². The first kappa shape index (κ1) is 45.3. The van der Waals surface area contributed by atoms with Crippen LogP contribution < -0.4 is 9.30 Å². The minimum absolute atomic E-state index is 0.146. The Kier molecular flexibility index (Phi) is 11.5. The predicted octanol–water partition coefficient (Wildman–Crippen LogP) is 17.2. The molecule has 5 nitrogen and oxygen atoms in total. The van der Waals surface area contributed by atoms with E-state index in [0.717, 1.165) is 101 Å². The molecule has 0 saturated heterocycles. The Balaban J connectivity index is 0.932. The van der Waals surface area contributed by atoms with Gasteiger partial charge in [-0.2, -0.15) is 0 Å². The van der Waals surface area contributed by atoms with Crippen molar-refractivity contribution in [3.63, 3.8) is 0 Å². The highest BCUT2D eigenvalue weighted by Gasteiger charge is 2.25. The molecule has 0 N–H and O–H groups in total. The summed E-state index contributed by atoms with van der Waals surface area (Å²) in [5.41, 5.74) is 17.7. The molecule has 0 aliphatic heterocycles. The second-order valence-electron chi connectivity index (χ2n) is 19.9. The van der Waals surface area contributed by atoms with Gasteiger partial charge < -0.3 is 4.74 Å². The minimum atomic E-state index is -0.146. The van der Waals surface area contributed by atoms with Crippen molar-refractivity contribution in [2.45, 2.75) is 25.7 Å². The molecule has 5 heteroatoms. The summed E-state index contributed by atoms with van der Waals surface area (Å²) < 4.78 is 13.6. The lowest BCUT2D eigenvalue weighted by Crippen LogP contribution is -2.31. The van der Waals surface area contributed by atoms with Gasteiger partial charge in [-0.25, -0.2) is 4.98 Å². The molecule has 0 fully saturated rings. The van der Waals surface area contributed by atoms with Crippen molar-refractivity contribution < 1.29 is 9.30 Å². The molecule has 75 heavy (non-hydrogen) atoms. The van der Waals surface area contributed by atoms with E-state index in [1.54, 1.807) is 0 Å². The molecule has 0 radical (unpaired) electrons. The zero-order chi connectivity index (χ0) is 50.3. The van der Waals surface area contributed by atoms with E-state index in [1.165, 1.54) is 16.7 Å². The van der Waals surface area contributed by atoms with E-state index >= 15 is 0 Å². The number of rotatable bonds is 12. The zero-order valence-corrected chi connectivity index (χ0v) is 41.8. The number of benzene rings is 10. The van der Waals surface area contributed by atoms with Gasteiger partial charge >= 0.3 is 0 Å². The van der Waals surface area contributed by atoms with Crippen LogP contribution in [0.1, 0.15) is 25.0 Å². The lowest BCUT2D eigenvalue weighted by atomic mass is 9.78. The molecule has 0 unspecified atom stereocenters. The molecule has 10 aromatic carbocycles. The van der Waals surface area contributed by atoms with Gasteiger partial charge in [0.15, 0.2) is 0 Å². The van der Waals surface area contributed by atoms with Crippen LogP contribution in [-0.2, 0) is 11.8 Å². The van der Waals surface area contributed by atoms with Gasteiger partial charge in [-0.05, 0) is 110 Å². The number of nitrogens with zero attached hydrogens (tertiary/aromatic N) is 4. The molecule has 3 aromatic heterocycles. The number of hydrogen-bond acceptors (Lipinski definition) is 2. The molecule has 3 heterocycles. The van der Waals surface area contributed by atoms with Gasteiger partial charge in [0.1, 0.15) is 17.3 Å². The molecular formula is C70H52N4O. The molecule has 0 atom stereocenters. The van der Waals surface area contributed by atoms with Crippen molar-refractivity contribution in [1.82, 2.24) is 14.1 Å². The Morgan fingerprint density at radius 2 is 1.04 bits per heavy atom. The molecule has 0 bridgehead atoms. The standard InChI is InChI=1S/C70H52N4O/c1-70(2,55-30-16-7-17-31-55)46-54-43-68(71-47-63(54)52-28-14-6-15-29-52)74-64-41-38-53(49-22-8-3-9-23-49)42-62(64)61-40-39-58(45-67(61)74)75-57-33-20-32-56(44-57)72-48-73(66-37-19-18-36-65(66)72)69-59(50-24-10-4-11-25-50)34-21-35-60(69)51-26-12-5-13-27-51/h3-45,47H,46H2,1-2H3. The van der Waals surface area contributed by atoms with Gasteiger partial charge in [0.25, 0.3) is 6.33 Å². The van der Waals surface area contributed by atoms with Crippen LogP contribution in [0, 0.1) is 6.33 Å². The van der Waals surface area contributed by atoms with E-state index in [1.807, 2.05) is 6.07 Å². The predicted molar refractivity (Wildman–Crippen MR) is 307 cm³/mol. The van der Waals surface area contributed by atoms with E-state index in [4.69, 9.17) is 9.72 Å². The van der Waals surface area contributed by atoms with Gasteiger partial charge in [0.2, 0.25) is 0 Å². The van der Waals surface area contributed by atoms with E-state index in [-0.39, 0.29) is 5.41 Å². The Hall–Kier alpha value is -9.58. The van der Waals surface area contributed by atoms with Crippen LogP contribution in [0.5, 0.6) is 11.5 Å². The minimum Gasteiger partial charge on any atom is -0.458 e. The fourth-order valence-electron chi connectivity index (χ4n) is 10.9. The van der Waals surface area contributed by atoms with Gasteiger partial charge in [-0.1, -0.05) is 220 Å². The van der Waals surface area contributed by atoms with Crippen molar-refractivity contribution in [2.75, 3.05) is 0 Å². The number of para-hydroxylation sites is 3. The van der Waals surface area contributed by atoms with Gasteiger partial charge in [0, 0.05) is 28.6 Å². The third kappa shape index (κ3) is 8.54. The first-order valence-corrected chi connectivity index (χ1v) is 25.6. The third-order valence-corrected chi connectivity index (χ3v) is 14.6. The Labute approximate surface area is 437 Å². The largest absolute Gasteiger partial charge is 0.458 e. The maximum atomic E-state index is 6.93. The molecule has 0 aliphatic carbocycles. The molecule has 13 rings (SSSR count). The van der Waals surface area contributed by atoms with Crippen molar-refractivity contribution in [3.05, 3.63) is 285 Å². The summed E-state index contributed by atoms with van der Waals surface area (Å²) in [6, 6.07) is 92.2. The van der Waals surface area contributed by atoms with Gasteiger partial charge in [-0.15, -0.1) is 0 Å². The van der Waals surface area contributed by atoms with Crippen LogP contribution in [-0.4, -0.2) is 14.1 Å². The maximum Gasteiger partial charge on any atom is 0.269 e. The molecule has 0 amide bonds. The van der Waals surface area contributed by atoms with Crippen molar-refractivity contribution >= 4 is 32.8 Å². The Bertz CT molecular complexity index is 4120. The summed E-state index contributed by atoms with van der Waals surface area (Å²) in [6.07, 6.45) is 6.71. The summed E-state index contributed by atoms with van der Waals surface area (Å²) in [4.78, 5) is 5.31. The summed E-state index contributed by atoms with van der Waals surface area (Å²) in [7, 11) is 0. The van der Waals surface area contributed by atoms with Crippen LogP contribution in [0.25, 0.3) is 94.5 Å².